The van der Waals surface area contributed by atoms with E-state index in [-0.39, 0.29) is 12.0 Å². The van der Waals surface area contributed by atoms with Crippen LogP contribution in [0.15, 0.2) is 48.5 Å². The van der Waals surface area contributed by atoms with E-state index in [4.69, 9.17) is 4.74 Å². The highest BCUT2D eigenvalue weighted by Crippen LogP contribution is 2.23. The van der Waals surface area contributed by atoms with Crippen molar-refractivity contribution in [3.63, 3.8) is 0 Å². The second-order valence-electron chi connectivity index (χ2n) is 6.45. The number of carbonyl (C=O) groups excluding carboxylic acids is 2. The molecule has 0 aliphatic heterocycles. The molecule has 0 saturated carbocycles. The summed E-state index contributed by atoms with van der Waals surface area (Å²) in [6, 6.07) is 10.4. The summed E-state index contributed by atoms with van der Waals surface area (Å²) in [5, 5.41) is 24.5. The fourth-order valence-electron chi connectivity index (χ4n) is 2.54. The number of non-ortho nitro benzene ring substituents is 2. The van der Waals surface area contributed by atoms with Crippen LogP contribution in [0, 0.1) is 20.2 Å². The van der Waals surface area contributed by atoms with Crippen LogP contribution in [0.1, 0.15) is 29.8 Å². The molecule has 1 amide bonds. The minimum Gasteiger partial charge on any atom is -0.461 e. The number of carbonyl (C=O) groups is 2. The van der Waals surface area contributed by atoms with Crippen LogP contribution >= 0.6 is 0 Å². The summed E-state index contributed by atoms with van der Waals surface area (Å²) in [4.78, 5) is 45.4. The van der Waals surface area contributed by atoms with E-state index in [1.807, 2.05) is 0 Å². The highest BCUT2D eigenvalue weighted by molar-refractivity contribution is 5.98. The maximum absolute atomic E-state index is 12.6. The van der Waals surface area contributed by atoms with E-state index in [0.29, 0.717) is 0 Å². The van der Waals surface area contributed by atoms with Crippen LogP contribution in [0.2, 0.25) is 0 Å². The van der Waals surface area contributed by atoms with Crippen molar-refractivity contribution >= 4 is 23.3 Å². The van der Waals surface area contributed by atoms with Crippen LogP contribution in [-0.2, 0) is 16.0 Å². The van der Waals surface area contributed by atoms with Crippen molar-refractivity contribution in [3.8, 4) is 0 Å². The maximum atomic E-state index is 12.6. The van der Waals surface area contributed by atoms with Gasteiger partial charge in [0.1, 0.15) is 6.04 Å². The maximum Gasteiger partial charge on any atom is 0.329 e. The average molecular weight is 401 g/mol. The monoisotopic (exact) mass is 401 g/mol. The van der Waals surface area contributed by atoms with Crippen molar-refractivity contribution in [2.45, 2.75) is 32.4 Å². The van der Waals surface area contributed by atoms with Crippen molar-refractivity contribution in [2.75, 3.05) is 0 Å². The molecule has 0 saturated heterocycles. The summed E-state index contributed by atoms with van der Waals surface area (Å²) in [7, 11) is 0. The first-order valence-electron chi connectivity index (χ1n) is 8.66. The van der Waals surface area contributed by atoms with Gasteiger partial charge in [-0.3, -0.25) is 25.0 Å². The normalized spacial score (nSPS) is 11.6. The molecule has 29 heavy (non-hydrogen) atoms. The Morgan fingerprint density at radius 2 is 1.55 bits per heavy atom. The van der Waals surface area contributed by atoms with Gasteiger partial charge in [-0.1, -0.05) is 30.3 Å². The Balaban J connectivity index is 2.32. The first-order chi connectivity index (χ1) is 13.7. The lowest BCUT2D eigenvalue weighted by Crippen LogP contribution is -2.44. The van der Waals surface area contributed by atoms with Crippen molar-refractivity contribution in [3.05, 3.63) is 79.9 Å². The molecule has 10 heteroatoms. The summed E-state index contributed by atoms with van der Waals surface area (Å²) in [5.74, 6) is -1.55. The molecule has 2 rings (SSSR count). The summed E-state index contributed by atoms with van der Waals surface area (Å²) < 4.78 is 5.18. The molecule has 0 spiro atoms. The van der Waals surface area contributed by atoms with Crippen molar-refractivity contribution in [1.82, 2.24) is 5.32 Å². The summed E-state index contributed by atoms with van der Waals surface area (Å²) in [6.45, 7) is 3.31. The van der Waals surface area contributed by atoms with Gasteiger partial charge >= 0.3 is 5.97 Å². The van der Waals surface area contributed by atoms with E-state index < -0.39 is 45.2 Å². The van der Waals surface area contributed by atoms with Crippen LogP contribution in [-0.4, -0.2) is 33.9 Å². The number of nitrogens with one attached hydrogen (secondary N) is 1. The van der Waals surface area contributed by atoms with E-state index in [2.05, 4.69) is 5.32 Å². The second kappa shape index (κ2) is 9.40. The first kappa shape index (κ1) is 21.5. The number of hydrogen-bond acceptors (Lipinski definition) is 7. The Morgan fingerprint density at radius 3 is 2.03 bits per heavy atom. The lowest BCUT2D eigenvalue weighted by atomic mass is 10.0. The zero-order valence-corrected chi connectivity index (χ0v) is 15.7. The van der Waals surface area contributed by atoms with Crippen LogP contribution in [0.5, 0.6) is 0 Å². The molecule has 2 aromatic rings. The van der Waals surface area contributed by atoms with Gasteiger partial charge in [0.25, 0.3) is 17.3 Å². The highest BCUT2D eigenvalue weighted by atomic mass is 16.6. The molecule has 2 aromatic carbocycles. The summed E-state index contributed by atoms with van der Waals surface area (Å²) in [6.07, 6.45) is -0.300. The van der Waals surface area contributed by atoms with Crippen molar-refractivity contribution in [2.24, 2.45) is 0 Å². The fourth-order valence-corrected chi connectivity index (χ4v) is 2.54. The molecule has 0 radical (unpaired) electrons. The third kappa shape index (κ3) is 6.09. The molecular formula is C19H19N3O7. The van der Waals surface area contributed by atoms with E-state index >= 15 is 0 Å². The van der Waals surface area contributed by atoms with Gasteiger partial charge in [-0.2, -0.15) is 0 Å². The third-order valence-corrected chi connectivity index (χ3v) is 3.81. The molecule has 0 aliphatic rings. The van der Waals surface area contributed by atoms with Crippen molar-refractivity contribution in [1.29, 1.82) is 0 Å². The number of esters is 1. The van der Waals surface area contributed by atoms with Gasteiger partial charge in [0.2, 0.25) is 0 Å². The first-order valence-corrected chi connectivity index (χ1v) is 8.66. The number of rotatable bonds is 8. The quantitative estimate of drug-likeness (QED) is 0.407. The number of ether oxygens (including phenoxy) is 1. The largest absolute Gasteiger partial charge is 0.461 e. The molecular weight excluding hydrogens is 382 g/mol. The van der Waals surface area contributed by atoms with Gasteiger partial charge in [0.15, 0.2) is 0 Å². The minimum absolute atomic E-state index is 0.120. The SMILES string of the molecule is CC(C)OC(=O)[C@H](Cc1ccccc1)NC(=O)c1cc([N+](=O)[O-])cc([N+](=O)[O-])c1. The summed E-state index contributed by atoms with van der Waals surface area (Å²) >= 11 is 0. The molecule has 0 fully saturated rings. The predicted molar refractivity (Wildman–Crippen MR) is 102 cm³/mol. The molecule has 0 bridgehead atoms. The van der Waals surface area contributed by atoms with Crippen LogP contribution in [0.4, 0.5) is 11.4 Å². The smallest absolute Gasteiger partial charge is 0.329 e. The van der Waals surface area contributed by atoms with Gasteiger partial charge in [0, 0.05) is 18.6 Å². The standard InChI is InChI=1S/C19H19N3O7/c1-12(2)29-19(24)17(8-13-6-4-3-5-7-13)20-18(23)14-9-15(21(25)26)11-16(10-14)22(27)28/h3-7,9-12,17H,8H2,1-2H3,(H,20,23)/t17-/m0/s1. The molecule has 152 valence electrons. The van der Waals surface area contributed by atoms with Gasteiger partial charge in [-0.25, -0.2) is 4.79 Å². The van der Waals surface area contributed by atoms with Gasteiger partial charge < -0.3 is 10.1 Å². The number of hydrogen-bond donors (Lipinski definition) is 1. The van der Waals surface area contributed by atoms with E-state index in [1.54, 1.807) is 44.2 Å². The van der Waals surface area contributed by atoms with Crippen LogP contribution in [0.25, 0.3) is 0 Å². The van der Waals surface area contributed by atoms with Crippen LogP contribution < -0.4 is 5.32 Å². The predicted octanol–water partition coefficient (Wildman–Crippen LogP) is 2.80. The molecule has 0 heterocycles. The van der Waals surface area contributed by atoms with Gasteiger partial charge in [-0.15, -0.1) is 0 Å². The Bertz CT molecular complexity index is 896. The molecule has 0 aliphatic carbocycles. The zero-order chi connectivity index (χ0) is 21.6. The molecule has 10 nitrogen and oxygen atoms in total. The number of nitro benzene ring substituents is 2. The Kier molecular flexibility index (Phi) is 6.96. The van der Waals surface area contributed by atoms with Gasteiger partial charge in [0.05, 0.1) is 27.6 Å². The second-order valence-corrected chi connectivity index (χ2v) is 6.45. The minimum atomic E-state index is -1.08. The molecule has 0 unspecified atom stereocenters. The van der Waals surface area contributed by atoms with Gasteiger partial charge in [-0.05, 0) is 19.4 Å². The van der Waals surface area contributed by atoms with E-state index in [0.717, 1.165) is 23.8 Å². The highest BCUT2D eigenvalue weighted by Gasteiger charge is 2.26. The van der Waals surface area contributed by atoms with E-state index in [1.165, 1.54) is 0 Å². The van der Waals surface area contributed by atoms with E-state index in [9.17, 15) is 29.8 Å². The van der Waals surface area contributed by atoms with Crippen molar-refractivity contribution < 1.29 is 24.2 Å². The number of nitro groups is 2. The summed E-state index contributed by atoms with van der Waals surface area (Å²) in [5.41, 5.74) is -0.757. The third-order valence-electron chi connectivity index (χ3n) is 3.81. The fraction of sp³-hybridized carbons (Fsp3) is 0.263. The Morgan fingerprint density at radius 1 is 1.00 bits per heavy atom. The Labute approximate surface area is 165 Å². The number of nitrogens with zero attached hydrogens (tertiary/aromatic N) is 2. The molecule has 0 aromatic heterocycles. The Hall–Kier alpha value is -3.82. The average Bonchev–Trinajstić information content (AvgIpc) is 2.67. The lowest BCUT2D eigenvalue weighted by molar-refractivity contribution is -0.394. The zero-order valence-electron chi connectivity index (χ0n) is 15.7. The number of amides is 1. The number of benzene rings is 2. The molecule has 1 N–H and O–H groups in total. The topological polar surface area (TPSA) is 142 Å². The van der Waals surface area contributed by atoms with Crippen LogP contribution in [0.3, 0.4) is 0 Å². The molecule has 1 atom stereocenters. The lowest BCUT2D eigenvalue weighted by Gasteiger charge is -2.19.